The van der Waals surface area contributed by atoms with Gasteiger partial charge in [-0.15, -0.1) is 5.10 Å². The van der Waals surface area contributed by atoms with E-state index in [0.717, 1.165) is 17.5 Å². The molecule has 5 nitrogen and oxygen atoms in total. The van der Waals surface area contributed by atoms with Gasteiger partial charge in [0.2, 0.25) is 0 Å². The van der Waals surface area contributed by atoms with Crippen LogP contribution in [-0.4, -0.2) is 34.2 Å². The van der Waals surface area contributed by atoms with E-state index < -0.39 is 11.9 Å². The third-order valence-electron chi connectivity index (χ3n) is 2.86. The Kier molecular flexibility index (Phi) is 3.86. The van der Waals surface area contributed by atoms with Crippen molar-refractivity contribution in [1.29, 1.82) is 0 Å². The minimum absolute atomic E-state index is 0.0698. The smallest absolute Gasteiger partial charge is 0.376 e. The van der Waals surface area contributed by atoms with E-state index in [9.17, 15) is 13.2 Å². The van der Waals surface area contributed by atoms with Gasteiger partial charge in [0.05, 0.1) is 18.3 Å². The molecule has 2 N–H and O–H groups in total. The Morgan fingerprint density at radius 3 is 2.78 bits per heavy atom. The molecule has 18 heavy (non-hydrogen) atoms. The summed E-state index contributed by atoms with van der Waals surface area (Å²) in [4.78, 5) is 0. The van der Waals surface area contributed by atoms with Gasteiger partial charge in [-0.25, -0.2) is 4.68 Å². The highest BCUT2D eigenvalue weighted by Gasteiger charge is 2.39. The van der Waals surface area contributed by atoms with Gasteiger partial charge in [0, 0.05) is 13.0 Å². The van der Waals surface area contributed by atoms with E-state index in [1.807, 2.05) is 0 Å². The Morgan fingerprint density at radius 1 is 1.44 bits per heavy atom. The fourth-order valence-corrected chi connectivity index (χ4v) is 2.07. The normalized spacial score (nSPS) is 20.6. The van der Waals surface area contributed by atoms with Crippen molar-refractivity contribution in [1.82, 2.24) is 15.0 Å². The molecule has 1 fully saturated rings. The summed E-state index contributed by atoms with van der Waals surface area (Å²) in [5.74, 6) is 0. The summed E-state index contributed by atoms with van der Waals surface area (Å²) in [6, 6.07) is 0. The van der Waals surface area contributed by atoms with E-state index in [0.29, 0.717) is 6.61 Å². The van der Waals surface area contributed by atoms with Crippen LogP contribution in [-0.2, 0) is 23.9 Å². The highest BCUT2D eigenvalue weighted by molar-refractivity contribution is 5.14. The lowest BCUT2D eigenvalue weighted by molar-refractivity contribution is -0.145. The molecule has 1 unspecified atom stereocenters. The predicted molar refractivity (Wildman–Crippen MR) is 56.8 cm³/mol. The molecule has 0 amide bonds. The van der Waals surface area contributed by atoms with Crippen LogP contribution in [0.4, 0.5) is 13.2 Å². The van der Waals surface area contributed by atoms with Crippen LogP contribution in [0.25, 0.3) is 0 Å². The number of hydrogen-bond acceptors (Lipinski definition) is 4. The second-order valence-electron chi connectivity index (χ2n) is 4.24. The zero-order valence-corrected chi connectivity index (χ0v) is 9.78. The molecule has 1 saturated heterocycles. The van der Waals surface area contributed by atoms with Gasteiger partial charge in [-0.3, -0.25) is 0 Å². The third kappa shape index (κ3) is 2.81. The third-order valence-corrected chi connectivity index (χ3v) is 2.86. The van der Waals surface area contributed by atoms with Gasteiger partial charge in [0.1, 0.15) is 0 Å². The van der Waals surface area contributed by atoms with Crippen molar-refractivity contribution in [3.63, 3.8) is 0 Å². The molecule has 102 valence electrons. The summed E-state index contributed by atoms with van der Waals surface area (Å²) in [6.07, 6.45) is -2.98. The quantitative estimate of drug-likeness (QED) is 0.880. The minimum Gasteiger partial charge on any atom is -0.376 e. The van der Waals surface area contributed by atoms with E-state index in [-0.39, 0.29) is 31.3 Å². The first kappa shape index (κ1) is 13.3. The summed E-state index contributed by atoms with van der Waals surface area (Å²) >= 11 is 0. The van der Waals surface area contributed by atoms with Crippen molar-refractivity contribution in [3.8, 4) is 0 Å². The van der Waals surface area contributed by atoms with Gasteiger partial charge < -0.3 is 10.5 Å². The van der Waals surface area contributed by atoms with Crippen molar-refractivity contribution in [2.24, 2.45) is 5.73 Å². The maximum Gasteiger partial charge on any atom is 0.434 e. The lowest BCUT2D eigenvalue weighted by Crippen LogP contribution is -2.23. The second-order valence-corrected chi connectivity index (χ2v) is 4.24. The Labute approximate surface area is 102 Å². The van der Waals surface area contributed by atoms with Crippen molar-refractivity contribution < 1.29 is 17.9 Å². The van der Waals surface area contributed by atoms with Gasteiger partial charge in [-0.1, -0.05) is 5.21 Å². The second kappa shape index (κ2) is 5.23. The van der Waals surface area contributed by atoms with E-state index >= 15 is 0 Å². The Hall–Kier alpha value is -1.15. The lowest BCUT2D eigenvalue weighted by atomic mass is 10.2. The summed E-state index contributed by atoms with van der Waals surface area (Å²) in [5.41, 5.74) is 4.38. The van der Waals surface area contributed by atoms with Gasteiger partial charge in [-0.05, 0) is 19.4 Å². The van der Waals surface area contributed by atoms with Crippen LogP contribution in [0, 0.1) is 0 Å². The number of nitrogens with two attached hydrogens (primary N) is 1. The standard InChI is InChI=1S/C10H15F3N4O/c11-10(12,13)9-8(3-4-14)15-16-17(9)6-7-2-1-5-18-7/h7H,1-6,14H2. The highest BCUT2D eigenvalue weighted by Crippen LogP contribution is 2.31. The first-order valence-corrected chi connectivity index (χ1v) is 5.83. The molecule has 1 atom stereocenters. The van der Waals surface area contributed by atoms with Crippen molar-refractivity contribution in [2.75, 3.05) is 13.2 Å². The Balaban J connectivity index is 2.23. The molecular formula is C10H15F3N4O. The van der Waals surface area contributed by atoms with Crippen molar-refractivity contribution in [3.05, 3.63) is 11.4 Å². The van der Waals surface area contributed by atoms with Gasteiger partial charge in [0.15, 0.2) is 5.69 Å². The molecule has 0 aliphatic carbocycles. The van der Waals surface area contributed by atoms with Crippen LogP contribution >= 0.6 is 0 Å². The SMILES string of the molecule is NCCc1nnn(CC2CCCO2)c1C(F)(F)F. The molecule has 1 aromatic rings. The molecule has 0 saturated carbocycles. The van der Waals surface area contributed by atoms with Crippen molar-refractivity contribution >= 4 is 0 Å². The zero-order valence-electron chi connectivity index (χ0n) is 9.78. The van der Waals surface area contributed by atoms with Crippen LogP contribution in [0.3, 0.4) is 0 Å². The average Bonchev–Trinajstić information content (AvgIpc) is 2.88. The monoisotopic (exact) mass is 264 g/mol. The summed E-state index contributed by atoms with van der Waals surface area (Å²) in [5, 5.41) is 7.15. The van der Waals surface area contributed by atoms with Gasteiger partial charge in [-0.2, -0.15) is 13.2 Å². The molecule has 1 aliphatic rings. The molecule has 1 aromatic heterocycles. The first-order valence-electron chi connectivity index (χ1n) is 5.83. The van der Waals surface area contributed by atoms with Crippen molar-refractivity contribution in [2.45, 2.75) is 38.1 Å². The van der Waals surface area contributed by atoms with Crippen LogP contribution in [0.1, 0.15) is 24.2 Å². The Morgan fingerprint density at radius 2 is 2.22 bits per heavy atom. The predicted octanol–water partition coefficient (Wildman–Crippen LogP) is 0.977. The topological polar surface area (TPSA) is 66.0 Å². The number of ether oxygens (including phenoxy) is 1. The average molecular weight is 264 g/mol. The first-order chi connectivity index (χ1) is 8.52. The number of rotatable bonds is 4. The summed E-state index contributed by atoms with van der Waals surface area (Å²) in [7, 11) is 0. The molecule has 0 bridgehead atoms. The number of alkyl halides is 3. The lowest BCUT2D eigenvalue weighted by Gasteiger charge is -2.14. The van der Waals surface area contributed by atoms with Gasteiger partial charge in [0.25, 0.3) is 0 Å². The Bertz CT molecular complexity index is 398. The zero-order chi connectivity index (χ0) is 13.2. The number of nitrogens with zero attached hydrogens (tertiary/aromatic N) is 3. The summed E-state index contributed by atoms with van der Waals surface area (Å²) < 4.78 is 45.1. The molecule has 1 aliphatic heterocycles. The van der Waals surface area contributed by atoms with Crippen LogP contribution in [0.15, 0.2) is 0 Å². The number of halogens is 3. The van der Waals surface area contributed by atoms with E-state index in [4.69, 9.17) is 10.5 Å². The van der Waals surface area contributed by atoms with E-state index in [1.54, 1.807) is 0 Å². The minimum atomic E-state index is -4.47. The molecule has 2 heterocycles. The maximum absolute atomic E-state index is 13.0. The van der Waals surface area contributed by atoms with Crippen LogP contribution < -0.4 is 5.73 Å². The summed E-state index contributed by atoms with van der Waals surface area (Å²) in [6.45, 7) is 0.796. The number of aromatic nitrogens is 3. The molecular weight excluding hydrogens is 249 g/mol. The highest BCUT2D eigenvalue weighted by atomic mass is 19.4. The maximum atomic E-state index is 13.0. The van der Waals surface area contributed by atoms with E-state index in [2.05, 4.69) is 10.3 Å². The molecule has 2 rings (SSSR count). The molecule has 8 heteroatoms. The fraction of sp³-hybridized carbons (Fsp3) is 0.800. The largest absolute Gasteiger partial charge is 0.434 e. The molecule has 0 radical (unpaired) electrons. The number of hydrogen-bond donors (Lipinski definition) is 1. The van der Waals surface area contributed by atoms with Crippen LogP contribution in [0.2, 0.25) is 0 Å². The van der Waals surface area contributed by atoms with E-state index in [1.165, 1.54) is 0 Å². The van der Waals surface area contributed by atoms with Gasteiger partial charge >= 0.3 is 6.18 Å². The molecule has 0 aromatic carbocycles. The van der Waals surface area contributed by atoms with Crippen LogP contribution in [0.5, 0.6) is 0 Å². The molecule has 0 spiro atoms. The fourth-order valence-electron chi connectivity index (χ4n) is 2.07.